The molecule has 1 aromatic heterocycles. The van der Waals surface area contributed by atoms with E-state index >= 15 is 0 Å². The molecule has 1 unspecified atom stereocenters. The van der Waals surface area contributed by atoms with Gasteiger partial charge in [-0.25, -0.2) is 0 Å². The molecular formula is C15H26N2. The molecule has 0 saturated carbocycles. The van der Waals surface area contributed by atoms with Gasteiger partial charge >= 0.3 is 0 Å². The number of hydrogen-bond acceptors (Lipinski definition) is 2. The minimum Gasteiger partial charge on any atom is -0.313 e. The molecule has 0 fully saturated rings. The highest BCUT2D eigenvalue weighted by molar-refractivity contribution is 5.14. The summed E-state index contributed by atoms with van der Waals surface area (Å²) >= 11 is 0. The summed E-state index contributed by atoms with van der Waals surface area (Å²) in [4.78, 5) is 4.06. The molecule has 96 valence electrons. The summed E-state index contributed by atoms with van der Waals surface area (Å²) in [5.74, 6) is 0. The van der Waals surface area contributed by atoms with Crippen LogP contribution in [0.25, 0.3) is 0 Å². The molecule has 0 aliphatic carbocycles. The average molecular weight is 234 g/mol. The molecule has 1 N–H and O–H groups in total. The normalized spacial score (nSPS) is 12.6. The third-order valence-electron chi connectivity index (χ3n) is 3.30. The fourth-order valence-electron chi connectivity index (χ4n) is 2.20. The highest BCUT2D eigenvalue weighted by Gasteiger charge is 2.07. The molecule has 17 heavy (non-hydrogen) atoms. The van der Waals surface area contributed by atoms with Gasteiger partial charge in [-0.15, -0.1) is 0 Å². The molecule has 0 amide bonds. The smallest absolute Gasteiger partial charge is 0.0318 e. The first-order valence-electron chi connectivity index (χ1n) is 6.95. The van der Waals surface area contributed by atoms with Crippen LogP contribution in [0.2, 0.25) is 0 Å². The van der Waals surface area contributed by atoms with Crippen molar-refractivity contribution in [1.29, 1.82) is 0 Å². The molecule has 1 aromatic rings. The predicted molar refractivity (Wildman–Crippen MR) is 74.0 cm³/mol. The number of nitrogens with one attached hydrogen (secondary N) is 1. The second-order valence-electron chi connectivity index (χ2n) is 4.68. The first kappa shape index (κ1) is 14.2. The van der Waals surface area contributed by atoms with Crippen molar-refractivity contribution in [2.45, 2.75) is 57.9 Å². The topological polar surface area (TPSA) is 24.9 Å². The number of aromatic nitrogens is 1. The number of rotatable bonds is 9. The molecule has 0 radical (unpaired) electrons. The van der Waals surface area contributed by atoms with Crippen LogP contribution in [-0.4, -0.2) is 12.0 Å². The molecule has 2 heteroatoms. The van der Waals surface area contributed by atoms with Crippen LogP contribution in [0.3, 0.4) is 0 Å². The largest absolute Gasteiger partial charge is 0.313 e. The number of hydrogen-bond donors (Lipinski definition) is 1. The van der Waals surface area contributed by atoms with Gasteiger partial charge in [0.1, 0.15) is 0 Å². The molecule has 2 nitrogen and oxygen atoms in total. The molecule has 0 spiro atoms. The van der Waals surface area contributed by atoms with Crippen LogP contribution in [-0.2, 0) is 0 Å². The highest BCUT2D eigenvalue weighted by atomic mass is 14.9. The van der Waals surface area contributed by atoms with Crippen LogP contribution in [0.1, 0.15) is 63.5 Å². The summed E-state index contributed by atoms with van der Waals surface area (Å²) in [6.45, 7) is 2.26. The van der Waals surface area contributed by atoms with Crippen molar-refractivity contribution in [2.24, 2.45) is 0 Å². The summed E-state index contributed by atoms with van der Waals surface area (Å²) in [5.41, 5.74) is 1.36. The Morgan fingerprint density at radius 3 is 2.35 bits per heavy atom. The lowest BCUT2D eigenvalue weighted by molar-refractivity contribution is 0.497. The third kappa shape index (κ3) is 5.83. The Labute approximate surface area is 106 Å². The van der Waals surface area contributed by atoms with E-state index in [1.807, 2.05) is 19.4 Å². The van der Waals surface area contributed by atoms with E-state index in [1.165, 1.54) is 50.5 Å². The molecule has 0 aromatic carbocycles. The van der Waals surface area contributed by atoms with Gasteiger partial charge in [0.2, 0.25) is 0 Å². The van der Waals surface area contributed by atoms with Crippen LogP contribution in [0.5, 0.6) is 0 Å². The van der Waals surface area contributed by atoms with Crippen molar-refractivity contribution in [1.82, 2.24) is 10.3 Å². The van der Waals surface area contributed by atoms with Crippen molar-refractivity contribution < 1.29 is 0 Å². The van der Waals surface area contributed by atoms with Gasteiger partial charge in [0, 0.05) is 18.4 Å². The van der Waals surface area contributed by atoms with Gasteiger partial charge < -0.3 is 5.32 Å². The second-order valence-corrected chi connectivity index (χ2v) is 4.68. The van der Waals surface area contributed by atoms with Crippen LogP contribution >= 0.6 is 0 Å². The Bertz CT molecular complexity index is 272. The first-order chi connectivity index (χ1) is 8.38. The van der Waals surface area contributed by atoms with Gasteiger partial charge in [0.05, 0.1) is 0 Å². The van der Waals surface area contributed by atoms with Crippen molar-refractivity contribution in [3.8, 4) is 0 Å². The second kappa shape index (κ2) is 9.17. The molecule has 0 aliphatic rings. The Morgan fingerprint density at radius 2 is 1.71 bits per heavy atom. The van der Waals surface area contributed by atoms with Gasteiger partial charge in [-0.3, -0.25) is 4.98 Å². The molecule has 1 rings (SSSR count). The monoisotopic (exact) mass is 234 g/mol. The van der Waals surface area contributed by atoms with Crippen LogP contribution in [0.4, 0.5) is 0 Å². The van der Waals surface area contributed by atoms with Crippen LogP contribution < -0.4 is 5.32 Å². The van der Waals surface area contributed by atoms with Crippen LogP contribution in [0.15, 0.2) is 24.5 Å². The fraction of sp³-hybridized carbons (Fsp3) is 0.667. The average Bonchev–Trinajstić information content (AvgIpc) is 2.39. The van der Waals surface area contributed by atoms with E-state index in [-0.39, 0.29) is 0 Å². The molecule has 0 bridgehead atoms. The predicted octanol–water partition coefficient (Wildman–Crippen LogP) is 4.09. The summed E-state index contributed by atoms with van der Waals surface area (Å²) in [6, 6.07) is 4.71. The Balaban J connectivity index is 2.20. The zero-order chi connectivity index (χ0) is 12.3. The molecule has 1 atom stereocenters. The number of pyridine rings is 1. The lowest BCUT2D eigenvalue weighted by atomic mass is 10.0. The maximum Gasteiger partial charge on any atom is 0.0318 e. The number of nitrogens with zero attached hydrogens (tertiary/aromatic N) is 1. The Kier molecular flexibility index (Phi) is 7.65. The molecule has 1 heterocycles. The van der Waals surface area contributed by atoms with Crippen molar-refractivity contribution in [2.75, 3.05) is 7.05 Å². The Hall–Kier alpha value is -0.890. The standard InChI is InChI=1S/C15H26N2/c1-3-4-5-6-7-8-9-15(16-2)14-10-12-17-13-11-14/h10-13,15-16H,3-9H2,1-2H3. The van der Waals surface area contributed by atoms with Gasteiger partial charge in [-0.2, -0.15) is 0 Å². The third-order valence-corrected chi connectivity index (χ3v) is 3.30. The zero-order valence-electron chi connectivity index (χ0n) is 11.3. The molecular weight excluding hydrogens is 208 g/mol. The minimum absolute atomic E-state index is 0.490. The quantitative estimate of drug-likeness (QED) is 0.651. The zero-order valence-corrected chi connectivity index (χ0v) is 11.3. The van der Waals surface area contributed by atoms with Gasteiger partial charge in [0.25, 0.3) is 0 Å². The lowest BCUT2D eigenvalue weighted by Gasteiger charge is -2.16. The maximum atomic E-state index is 4.06. The summed E-state index contributed by atoms with van der Waals surface area (Å²) in [5, 5.41) is 3.39. The van der Waals surface area contributed by atoms with Gasteiger partial charge in [-0.1, -0.05) is 45.4 Å². The summed E-state index contributed by atoms with van der Waals surface area (Å²) < 4.78 is 0. The number of unbranched alkanes of at least 4 members (excludes halogenated alkanes) is 5. The van der Waals surface area contributed by atoms with Crippen molar-refractivity contribution in [3.63, 3.8) is 0 Å². The van der Waals surface area contributed by atoms with E-state index in [1.54, 1.807) is 0 Å². The summed E-state index contributed by atoms with van der Waals surface area (Å²) in [7, 11) is 2.04. The highest BCUT2D eigenvalue weighted by Crippen LogP contribution is 2.19. The molecule has 0 aliphatic heterocycles. The fourth-order valence-corrected chi connectivity index (χ4v) is 2.20. The van der Waals surface area contributed by atoms with E-state index in [2.05, 4.69) is 29.4 Å². The van der Waals surface area contributed by atoms with E-state index in [0.29, 0.717) is 6.04 Å². The van der Waals surface area contributed by atoms with Gasteiger partial charge in [-0.05, 0) is 31.2 Å². The van der Waals surface area contributed by atoms with E-state index in [0.717, 1.165) is 0 Å². The van der Waals surface area contributed by atoms with E-state index in [4.69, 9.17) is 0 Å². The Morgan fingerprint density at radius 1 is 1.06 bits per heavy atom. The lowest BCUT2D eigenvalue weighted by Crippen LogP contribution is -2.16. The van der Waals surface area contributed by atoms with E-state index < -0.39 is 0 Å². The van der Waals surface area contributed by atoms with Crippen molar-refractivity contribution in [3.05, 3.63) is 30.1 Å². The van der Waals surface area contributed by atoms with Crippen molar-refractivity contribution >= 4 is 0 Å². The first-order valence-corrected chi connectivity index (χ1v) is 6.95. The molecule has 0 saturated heterocycles. The SMILES string of the molecule is CCCCCCCCC(NC)c1ccncc1. The van der Waals surface area contributed by atoms with Gasteiger partial charge in [0.15, 0.2) is 0 Å². The summed E-state index contributed by atoms with van der Waals surface area (Å²) in [6.07, 6.45) is 13.2. The van der Waals surface area contributed by atoms with E-state index in [9.17, 15) is 0 Å². The maximum absolute atomic E-state index is 4.06. The van der Waals surface area contributed by atoms with Crippen LogP contribution in [0, 0.1) is 0 Å². The minimum atomic E-state index is 0.490.